The van der Waals surface area contributed by atoms with Crippen LogP contribution in [0.1, 0.15) is 44.7 Å². The van der Waals surface area contributed by atoms with Gasteiger partial charge in [-0.15, -0.1) is 0 Å². The summed E-state index contributed by atoms with van der Waals surface area (Å²) in [7, 11) is 1.47. The predicted octanol–water partition coefficient (Wildman–Crippen LogP) is 2.69. The minimum atomic E-state index is -1.34. The fraction of sp³-hybridized carbons (Fsp3) is 0.375. The van der Waals surface area contributed by atoms with Crippen molar-refractivity contribution in [2.75, 3.05) is 7.11 Å². The molecule has 4 rings (SSSR count). The molecule has 10 heteroatoms. The van der Waals surface area contributed by atoms with Crippen LogP contribution in [0.3, 0.4) is 0 Å². The Kier molecular flexibility index (Phi) is 9.59. The topological polar surface area (TPSA) is 135 Å². The summed E-state index contributed by atoms with van der Waals surface area (Å²) >= 11 is 0. The maximum Gasteiger partial charge on any atom is 0.248 e. The van der Waals surface area contributed by atoms with E-state index in [2.05, 4.69) is 21.4 Å². The summed E-state index contributed by atoms with van der Waals surface area (Å²) in [5, 5.41) is 10.4. The molecule has 0 bridgehead atoms. The van der Waals surface area contributed by atoms with Gasteiger partial charge in [-0.3, -0.25) is 24.0 Å². The van der Waals surface area contributed by atoms with Gasteiger partial charge in [0, 0.05) is 20.1 Å². The zero-order valence-corrected chi connectivity index (χ0v) is 24.4. The fourth-order valence-corrected chi connectivity index (χ4v) is 4.71. The average molecular weight is 575 g/mol. The molecule has 0 aromatic heterocycles. The van der Waals surface area contributed by atoms with Gasteiger partial charge in [0.1, 0.15) is 11.6 Å². The lowest BCUT2D eigenvalue weighted by atomic mass is 10.0. The van der Waals surface area contributed by atoms with E-state index in [1.54, 1.807) is 32.9 Å². The number of ether oxygens (including phenoxy) is 1. The van der Waals surface area contributed by atoms with Crippen molar-refractivity contribution >= 4 is 34.4 Å². The number of hydroxylamine groups is 1. The van der Waals surface area contributed by atoms with E-state index in [-0.39, 0.29) is 19.4 Å². The number of rotatable bonds is 12. The first-order valence-electron chi connectivity index (χ1n) is 13.9. The lowest BCUT2D eigenvalue weighted by Gasteiger charge is -2.24. The van der Waals surface area contributed by atoms with Crippen LogP contribution >= 0.6 is 0 Å². The number of hydrogen-bond acceptors (Lipinski definition) is 6. The lowest BCUT2D eigenvalue weighted by molar-refractivity contribution is -0.147. The summed E-state index contributed by atoms with van der Waals surface area (Å²) < 4.78 is 5.46. The highest BCUT2D eigenvalue weighted by Crippen LogP contribution is 2.39. The van der Waals surface area contributed by atoms with Gasteiger partial charge in [-0.25, -0.2) is 5.48 Å². The molecule has 222 valence electrons. The highest BCUT2D eigenvalue weighted by molar-refractivity contribution is 5.99. The molecule has 1 unspecified atom stereocenters. The summed E-state index contributed by atoms with van der Waals surface area (Å²) in [6.45, 7) is 5.53. The molecule has 0 radical (unpaired) electrons. The zero-order chi connectivity index (χ0) is 30.3. The van der Waals surface area contributed by atoms with Gasteiger partial charge in [-0.1, -0.05) is 72.8 Å². The van der Waals surface area contributed by atoms with Gasteiger partial charge >= 0.3 is 0 Å². The van der Waals surface area contributed by atoms with Crippen LogP contribution < -0.4 is 21.4 Å². The first-order valence-corrected chi connectivity index (χ1v) is 13.9. The van der Waals surface area contributed by atoms with E-state index < -0.39 is 53.3 Å². The molecule has 4 N–H and O–H groups in total. The third-order valence-corrected chi connectivity index (χ3v) is 6.97. The second-order valence-electron chi connectivity index (χ2n) is 11.4. The summed E-state index contributed by atoms with van der Waals surface area (Å²) in [6, 6.07) is 21.5. The summed E-state index contributed by atoms with van der Waals surface area (Å²) in [5.74, 6) is -2.13. The predicted molar refractivity (Wildman–Crippen MR) is 158 cm³/mol. The number of hydrogen-bond donors (Lipinski definition) is 4. The molecule has 0 saturated heterocycles. The first-order chi connectivity index (χ1) is 20.0. The van der Waals surface area contributed by atoms with E-state index in [9.17, 15) is 19.2 Å². The Morgan fingerprint density at radius 3 is 2.31 bits per heavy atom. The Labute approximate surface area is 245 Å². The molecule has 1 fully saturated rings. The number of nitrogens with one attached hydrogen (secondary N) is 4. The van der Waals surface area contributed by atoms with Crippen LogP contribution in [0.4, 0.5) is 0 Å². The van der Waals surface area contributed by atoms with Crippen molar-refractivity contribution in [1.82, 2.24) is 21.4 Å². The molecule has 1 aliphatic rings. The maximum atomic E-state index is 13.6. The molecule has 3 aromatic carbocycles. The van der Waals surface area contributed by atoms with Crippen molar-refractivity contribution in [2.45, 2.75) is 69.9 Å². The SMILES string of the molecule is CO[C@@H]1CC1(NC(=O)[C@H](CC(=O)NOC(C)(C)C)NC(=O)Cc1ccccc1)C(=O)NCc1cccc2ccccc12. The van der Waals surface area contributed by atoms with Gasteiger partial charge < -0.3 is 20.7 Å². The molecule has 10 nitrogen and oxygen atoms in total. The average Bonchev–Trinajstić information content (AvgIpc) is 3.68. The Hall–Kier alpha value is -4.28. The molecule has 3 atom stereocenters. The minimum Gasteiger partial charge on any atom is -0.378 e. The van der Waals surface area contributed by atoms with E-state index in [1.165, 1.54) is 7.11 Å². The quantitative estimate of drug-likeness (QED) is 0.246. The molecule has 1 saturated carbocycles. The Balaban J connectivity index is 1.46. The van der Waals surface area contributed by atoms with Crippen molar-refractivity contribution in [3.05, 3.63) is 83.9 Å². The van der Waals surface area contributed by atoms with E-state index in [0.717, 1.165) is 21.9 Å². The van der Waals surface area contributed by atoms with Gasteiger partial charge in [0.2, 0.25) is 23.6 Å². The highest BCUT2D eigenvalue weighted by atomic mass is 16.7. The van der Waals surface area contributed by atoms with E-state index in [0.29, 0.717) is 0 Å². The number of benzene rings is 3. The number of amides is 4. The second-order valence-corrected chi connectivity index (χ2v) is 11.4. The number of carbonyl (C=O) groups excluding carboxylic acids is 4. The number of methoxy groups -OCH3 is 1. The van der Waals surface area contributed by atoms with E-state index in [1.807, 2.05) is 60.7 Å². The summed E-state index contributed by atoms with van der Waals surface area (Å²) in [5.41, 5.74) is 2.02. The van der Waals surface area contributed by atoms with E-state index >= 15 is 0 Å². The van der Waals surface area contributed by atoms with Crippen molar-refractivity contribution in [1.29, 1.82) is 0 Å². The molecule has 4 amide bonds. The van der Waals surface area contributed by atoms with Gasteiger partial charge in [0.25, 0.3) is 0 Å². The van der Waals surface area contributed by atoms with Crippen molar-refractivity contribution < 1.29 is 28.8 Å². The molecule has 0 heterocycles. The second kappa shape index (κ2) is 13.1. The van der Waals surface area contributed by atoms with Crippen LogP contribution in [-0.2, 0) is 41.7 Å². The standard InChI is InChI=1S/C32H38N4O6/c1-31(2,3)42-36-28(38)18-25(34-27(37)17-21-11-6-5-7-12-21)29(39)35-32(19-26(32)41-4)30(40)33-20-23-15-10-14-22-13-8-9-16-24(22)23/h5-16,25-26H,17-20H2,1-4H3,(H,33,40)(H,34,37)(H,35,39)(H,36,38)/t25-,26+,32?/m0/s1. The molecule has 0 spiro atoms. The molecule has 3 aromatic rings. The van der Waals surface area contributed by atoms with Crippen molar-refractivity contribution in [2.24, 2.45) is 0 Å². The van der Waals surface area contributed by atoms with Crippen LogP contribution in [0.15, 0.2) is 72.8 Å². The third-order valence-electron chi connectivity index (χ3n) is 6.97. The van der Waals surface area contributed by atoms with Gasteiger partial charge in [-0.2, -0.15) is 0 Å². The highest BCUT2D eigenvalue weighted by Gasteiger charge is 2.62. The van der Waals surface area contributed by atoms with Gasteiger partial charge in [0.15, 0.2) is 0 Å². The molecular weight excluding hydrogens is 536 g/mol. The van der Waals surface area contributed by atoms with Crippen LogP contribution in [0, 0.1) is 0 Å². The third kappa shape index (κ3) is 7.92. The maximum absolute atomic E-state index is 13.6. The van der Waals surface area contributed by atoms with E-state index in [4.69, 9.17) is 9.57 Å². The molecular formula is C32H38N4O6. The minimum absolute atomic E-state index is 0.0160. The Bertz CT molecular complexity index is 1430. The summed E-state index contributed by atoms with van der Waals surface area (Å²) in [6.07, 6.45) is -0.691. The fourth-order valence-electron chi connectivity index (χ4n) is 4.71. The van der Waals surface area contributed by atoms with Gasteiger partial charge in [-0.05, 0) is 42.7 Å². The van der Waals surface area contributed by atoms with Crippen molar-refractivity contribution in [3.8, 4) is 0 Å². The normalized spacial score (nSPS) is 18.5. The van der Waals surface area contributed by atoms with Crippen molar-refractivity contribution in [3.63, 3.8) is 0 Å². The smallest absolute Gasteiger partial charge is 0.248 e. The number of carbonyl (C=O) groups is 4. The largest absolute Gasteiger partial charge is 0.378 e. The molecule has 1 aliphatic carbocycles. The van der Waals surface area contributed by atoms with Crippen LogP contribution in [0.5, 0.6) is 0 Å². The molecule has 42 heavy (non-hydrogen) atoms. The number of fused-ring (bicyclic) bond motifs is 1. The monoisotopic (exact) mass is 574 g/mol. The van der Waals surface area contributed by atoms with Crippen LogP contribution in [0.2, 0.25) is 0 Å². The van der Waals surface area contributed by atoms with Crippen LogP contribution in [0.25, 0.3) is 10.8 Å². The lowest BCUT2D eigenvalue weighted by Crippen LogP contribution is -2.57. The van der Waals surface area contributed by atoms with Crippen LogP contribution in [-0.4, -0.2) is 54.0 Å². The zero-order valence-electron chi connectivity index (χ0n) is 24.4. The van der Waals surface area contributed by atoms with Gasteiger partial charge in [0.05, 0.1) is 24.5 Å². The Morgan fingerprint density at radius 1 is 0.929 bits per heavy atom. The first kappa shape index (κ1) is 30.7. The summed E-state index contributed by atoms with van der Waals surface area (Å²) in [4.78, 5) is 57.9. The molecule has 0 aliphatic heterocycles. The Morgan fingerprint density at radius 2 is 1.62 bits per heavy atom.